The number of ether oxygens (including phenoxy) is 1. The van der Waals surface area contributed by atoms with E-state index in [0.717, 1.165) is 32.7 Å². The molecule has 0 aromatic heterocycles. The number of piperazine rings is 1. The fourth-order valence-electron chi connectivity index (χ4n) is 2.62. The molecule has 20 heavy (non-hydrogen) atoms. The molecule has 1 aliphatic rings. The van der Waals surface area contributed by atoms with Crippen LogP contribution in [0.4, 0.5) is 0 Å². The third-order valence-electron chi connectivity index (χ3n) is 3.93. The number of nitrogens with zero attached hydrogens (tertiary/aromatic N) is 3. The van der Waals surface area contributed by atoms with Crippen molar-refractivity contribution in [3.63, 3.8) is 0 Å². The van der Waals surface area contributed by atoms with E-state index in [9.17, 15) is 0 Å². The van der Waals surface area contributed by atoms with Crippen molar-refractivity contribution in [1.29, 1.82) is 5.26 Å². The molecular weight excluding hydrogens is 250 g/mol. The van der Waals surface area contributed by atoms with E-state index in [-0.39, 0.29) is 0 Å². The van der Waals surface area contributed by atoms with Crippen LogP contribution in [0.2, 0.25) is 0 Å². The number of hydrogen-bond acceptors (Lipinski definition) is 4. The largest absolute Gasteiger partial charge is 0.495 e. The van der Waals surface area contributed by atoms with Gasteiger partial charge in [0.2, 0.25) is 0 Å². The molecular formula is C16H23N3O. The zero-order valence-corrected chi connectivity index (χ0v) is 12.6. The Morgan fingerprint density at radius 3 is 2.50 bits per heavy atom. The summed E-state index contributed by atoms with van der Waals surface area (Å²) in [5, 5.41) is 9.00. The summed E-state index contributed by atoms with van der Waals surface area (Å²) in [4.78, 5) is 4.97. The smallest absolute Gasteiger partial charge is 0.136 e. The van der Waals surface area contributed by atoms with Crippen LogP contribution in [0.3, 0.4) is 0 Å². The van der Waals surface area contributed by atoms with Crippen molar-refractivity contribution in [2.24, 2.45) is 0 Å². The van der Waals surface area contributed by atoms with Crippen molar-refractivity contribution in [1.82, 2.24) is 9.80 Å². The van der Waals surface area contributed by atoms with Crippen LogP contribution in [-0.4, -0.2) is 49.1 Å². The summed E-state index contributed by atoms with van der Waals surface area (Å²) >= 11 is 0. The van der Waals surface area contributed by atoms with Crippen LogP contribution in [0.1, 0.15) is 25.0 Å². The Balaban J connectivity index is 1.96. The van der Waals surface area contributed by atoms with E-state index < -0.39 is 0 Å². The minimum absolute atomic E-state index is 0.598. The maximum Gasteiger partial charge on any atom is 0.136 e. The van der Waals surface area contributed by atoms with Crippen LogP contribution < -0.4 is 4.74 Å². The molecule has 0 saturated carbocycles. The van der Waals surface area contributed by atoms with Crippen molar-refractivity contribution in [2.45, 2.75) is 26.4 Å². The molecule has 0 amide bonds. The Kier molecular flexibility index (Phi) is 4.99. The summed E-state index contributed by atoms with van der Waals surface area (Å²) < 4.78 is 5.27. The molecule has 0 spiro atoms. The van der Waals surface area contributed by atoms with Gasteiger partial charge >= 0.3 is 0 Å². The van der Waals surface area contributed by atoms with Crippen molar-refractivity contribution in [3.8, 4) is 11.8 Å². The molecule has 1 heterocycles. The van der Waals surface area contributed by atoms with Crippen LogP contribution in [0, 0.1) is 11.3 Å². The van der Waals surface area contributed by atoms with Gasteiger partial charge in [0.05, 0.1) is 12.7 Å². The first-order valence-corrected chi connectivity index (χ1v) is 7.17. The van der Waals surface area contributed by atoms with Crippen LogP contribution in [0.25, 0.3) is 0 Å². The number of benzene rings is 1. The Bertz CT molecular complexity index is 485. The quantitative estimate of drug-likeness (QED) is 0.842. The van der Waals surface area contributed by atoms with Gasteiger partial charge in [0.25, 0.3) is 0 Å². The SMILES string of the molecule is COc1cc(CN2CCN(C(C)C)CC2)ccc1C#N. The molecule has 1 fully saturated rings. The van der Waals surface area contributed by atoms with Crippen LogP contribution >= 0.6 is 0 Å². The summed E-state index contributed by atoms with van der Waals surface area (Å²) in [5.74, 6) is 0.672. The number of rotatable bonds is 4. The topological polar surface area (TPSA) is 39.5 Å². The highest BCUT2D eigenvalue weighted by molar-refractivity contribution is 5.45. The molecule has 0 atom stereocenters. The van der Waals surface area contributed by atoms with Gasteiger partial charge in [-0.2, -0.15) is 5.26 Å². The van der Waals surface area contributed by atoms with Crippen molar-refractivity contribution in [3.05, 3.63) is 29.3 Å². The average Bonchev–Trinajstić information content (AvgIpc) is 2.47. The lowest BCUT2D eigenvalue weighted by atomic mass is 10.1. The van der Waals surface area contributed by atoms with Crippen LogP contribution in [-0.2, 0) is 6.54 Å². The molecule has 0 bridgehead atoms. The molecule has 0 aliphatic carbocycles. The maximum atomic E-state index is 9.00. The highest BCUT2D eigenvalue weighted by Crippen LogP contribution is 2.20. The van der Waals surface area contributed by atoms with Gasteiger partial charge in [-0.05, 0) is 31.5 Å². The summed E-state index contributed by atoms with van der Waals surface area (Å²) in [6, 6.07) is 8.63. The lowest BCUT2D eigenvalue weighted by molar-refractivity contribution is 0.104. The Morgan fingerprint density at radius 1 is 1.25 bits per heavy atom. The second kappa shape index (κ2) is 6.74. The minimum atomic E-state index is 0.598. The number of nitriles is 1. The van der Waals surface area contributed by atoms with Crippen LogP contribution in [0.5, 0.6) is 5.75 Å². The normalized spacial score (nSPS) is 17.1. The maximum absolute atomic E-state index is 9.00. The molecule has 1 aliphatic heterocycles. The van der Waals surface area contributed by atoms with Crippen LogP contribution in [0.15, 0.2) is 18.2 Å². The van der Waals surface area contributed by atoms with Crippen molar-refractivity contribution in [2.75, 3.05) is 33.3 Å². The third kappa shape index (κ3) is 3.50. The molecule has 2 rings (SSSR count). The zero-order chi connectivity index (χ0) is 14.5. The number of hydrogen-bond donors (Lipinski definition) is 0. The van der Waals surface area contributed by atoms with Gasteiger partial charge in [-0.25, -0.2) is 0 Å². The molecule has 0 N–H and O–H groups in total. The Labute approximate surface area is 121 Å². The predicted molar refractivity (Wildman–Crippen MR) is 79.7 cm³/mol. The summed E-state index contributed by atoms with van der Waals surface area (Å²) in [7, 11) is 1.61. The highest BCUT2D eigenvalue weighted by atomic mass is 16.5. The van der Waals surface area contributed by atoms with Gasteiger partial charge in [0.1, 0.15) is 11.8 Å². The molecule has 1 aromatic carbocycles. The summed E-state index contributed by atoms with van der Waals surface area (Å²) in [6.45, 7) is 9.88. The molecule has 108 valence electrons. The fraction of sp³-hybridized carbons (Fsp3) is 0.562. The predicted octanol–water partition coefficient (Wildman–Crippen LogP) is 2.09. The van der Waals surface area contributed by atoms with Gasteiger partial charge in [-0.3, -0.25) is 9.80 Å². The molecule has 1 aromatic rings. The second-order valence-corrected chi connectivity index (χ2v) is 5.55. The summed E-state index contributed by atoms with van der Waals surface area (Å²) in [5.41, 5.74) is 1.81. The Hall–Kier alpha value is -1.57. The number of methoxy groups -OCH3 is 1. The van der Waals surface area contributed by atoms with Gasteiger partial charge in [0.15, 0.2) is 0 Å². The van der Waals surface area contributed by atoms with E-state index >= 15 is 0 Å². The minimum Gasteiger partial charge on any atom is -0.495 e. The summed E-state index contributed by atoms with van der Waals surface area (Å²) in [6.07, 6.45) is 0. The first-order valence-electron chi connectivity index (χ1n) is 7.17. The molecule has 1 saturated heterocycles. The molecule has 4 nitrogen and oxygen atoms in total. The van der Waals surface area contributed by atoms with E-state index in [0.29, 0.717) is 17.4 Å². The Morgan fingerprint density at radius 2 is 1.95 bits per heavy atom. The lowest BCUT2D eigenvalue weighted by Crippen LogP contribution is -2.48. The fourth-order valence-corrected chi connectivity index (χ4v) is 2.62. The zero-order valence-electron chi connectivity index (χ0n) is 12.6. The van der Waals surface area contributed by atoms with Crippen molar-refractivity contribution < 1.29 is 4.74 Å². The van der Waals surface area contributed by atoms with Crippen molar-refractivity contribution >= 4 is 0 Å². The third-order valence-corrected chi connectivity index (χ3v) is 3.93. The lowest BCUT2D eigenvalue weighted by Gasteiger charge is -2.37. The van der Waals surface area contributed by atoms with Gasteiger partial charge in [0, 0.05) is 38.8 Å². The monoisotopic (exact) mass is 273 g/mol. The highest BCUT2D eigenvalue weighted by Gasteiger charge is 2.18. The van der Waals surface area contributed by atoms with E-state index in [1.54, 1.807) is 7.11 Å². The van der Waals surface area contributed by atoms with E-state index in [4.69, 9.17) is 10.00 Å². The molecule has 0 radical (unpaired) electrons. The van der Waals surface area contributed by atoms with Gasteiger partial charge in [-0.15, -0.1) is 0 Å². The first kappa shape index (κ1) is 14.8. The standard InChI is InChI=1S/C16H23N3O/c1-13(2)19-8-6-18(7-9-19)12-14-4-5-15(11-17)16(10-14)20-3/h4-5,10,13H,6-9,12H2,1-3H3. The molecule has 4 heteroatoms. The second-order valence-electron chi connectivity index (χ2n) is 5.55. The van der Waals surface area contributed by atoms with E-state index in [2.05, 4.69) is 29.7 Å². The van der Waals surface area contributed by atoms with E-state index in [1.807, 2.05) is 18.2 Å². The van der Waals surface area contributed by atoms with E-state index in [1.165, 1.54) is 5.56 Å². The molecule has 0 unspecified atom stereocenters. The first-order chi connectivity index (χ1) is 9.63. The average molecular weight is 273 g/mol. The van der Waals surface area contributed by atoms with Gasteiger partial charge in [-0.1, -0.05) is 6.07 Å². The van der Waals surface area contributed by atoms with Gasteiger partial charge < -0.3 is 4.74 Å².